The van der Waals surface area contributed by atoms with E-state index in [1.807, 2.05) is 0 Å². The van der Waals surface area contributed by atoms with Gasteiger partial charge in [0.05, 0.1) is 13.2 Å². The number of rotatable bonds is 4. The van der Waals surface area contributed by atoms with Gasteiger partial charge in [-0.05, 0) is 57.7 Å². The van der Waals surface area contributed by atoms with Gasteiger partial charge in [-0.15, -0.1) is 0 Å². The smallest absolute Gasteiger partial charge is 0.411 e. The van der Waals surface area contributed by atoms with Crippen LogP contribution in [-0.4, -0.2) is 35.7 Å². The molecule has 1 heterocycles. The molecule has 1 amide bonds. The van der Waals surface area contributed by atoms with Gasteiger partial charge in [-0.3, -0.25) is 9.69 Å². The Morgan fingerprint density at radius 1 is 1.19 bits per heavy atom. The van der Waals surface area contributed by atoms with E-state index >= 15 is 0 Å². The molecule has 26 heavy (non-hydrogen) atoms. The average molecular weight is 369 g/mol. The molecule has 1 fully saturated rings. The highest BCUT2D eigenvalue weighted by Gasteiger charge is 2.40. The molecule has 2 atom stereocenters. The lowest BCUT2D eigenvalue weighted by molar-refractivity contribution is -0.141. The van der Waals surface area contributed by atoms with Crippen LogP contribution >= 0.6 is 0 Å². The summed E-state index contributed by atoms with van der Waals surface area (Å²) in [5, 5.41) is 0. The van der Waals surface area contributed by atoms with Crippen molar-refractivity contribution in [1.82, 2.24) is 4.90 Å². The molecule has 0 bridgehead atoms. The van der Waals surface area contributed by atoms with Gasteiger partial charge in [-0.1, -0.05) is 6.07 Å². The number of halogens is 2. The highest BCUT2D eigenvalue weighted by Crippen LogP contribution is 2.39. The third kappa shape index (κ3) is 4.93. The minimum atomic E-state index is -0.954. The first-order valence-corrected chi connectivity index (χ1v) is 8.65. The van der Waals surface area contributed by atoms with Gasteiger partial charge < -0.3 is 9.47 Å². The molecule has 0 saturated carbocycles. The van der Waals surface area contributed by atoms with Gasteiger partial charge in [0.2, 0.25) is 0 Å². The van der Waals surface area contributed by atoms with Crippen molar-refractivity contribution in [3.05, 3.63) is 35.4 Å². The quantitative estimate of drug-likeness (QED) is 0.740. The lowest BCUT2D eigenvalue weighted by Gasteiger charge is -2.33. The number of carbonyl (C=O) groups is 2. The number of esters is 1. The summed E-state index contributed by atoms with van der Waals surface area (Å²) in [5.74, 6) is -2.24. The van der Waals surface area contributed by atoms with Crippen molar-refractivity contribution in [1.29, 1.82) is 0 Å². The van der Waals surface area contributed by atoms with Gasteiger partial charge in [0, 0.05) is 12.5 Å². The third-order valence-electron chi connectivity index (χ3n) is 4.34. The van der Waals surface area contributed by atoms with E-state index in [2.05, 4.69) is 4.74 Å². The van der Waals surface area contributed by atoms with Gasteiger partial charge in [-0.25, -0.2) is 13.6 Å². The zero-order chi connectivity index (χ0) is 19.5. The maximum atomic E-state index is 13.7. The molecule has 5 nitrogen and oxygen atoms in total. The fourth-order valence-corrected chi connectivity index (χ4v) is 3.19. The minimum absolute atomic E-state index is 0.172. The summed E-state index contributed by atoms with van der Waals surface area (Å²) in [6, 6.07) is 2.98. The Morgan fingerprint density at radius 3 is 2.46 bits per heavy atom. The summed E-state index contributed by atoms with van der Waals surface area (Å²) in [7, 11) is 1.31. The second kappa shape index (κ2) is 8.01. The summed E-state index contributed by atoms with van der Waals surface area (Å²) in [6.07, 6.45) is 1.28. The number of carbonyl (C=O) groups excluding carboxylic acids is 2. The number of methoxy groups -OCH3 is 1. The Kier molecular flexibility index (Phi) is 6.21. The van der Waals surface area contributed by atoms with Crippen molar-refractivity contribution < 1.29 is 27.8 Å². The van der Waals surface area contributed by atoms with E-state index in [-0.39, 0.29) is 18.4 Å². The van der Waals surface area contributed by atoms with E-state index in [1.54, 1.807) is 25.7 Å². The molecule has 1 aliphatic heterocycles. The Labute approximate surface area is 152 Å². The Bertz CT molecular complexity index is 672. The molecule has 2 rings (SSSR count). The molecule has 1 aromatic carbocycles. The number of ether oxygens (including phenoxy) is 2. The fourth-order valence-electron chi connectivity index (χ4n) is 3.19. The van der Waals surface area contributed by atoms with Gasteiger partial charge in [0.1, 0.15) is 5.60 Å². The topological polar surface area (TPSA) is 55.8 Å². The number of hydrogen-bond acceptors (Lipinski definition) is 4. The van der Waals surface area contributed by atoms with Crippen LogP contribution in [0.1, 0.15) is 58.1 Å². The molecule has 7 heteroatoms. The van der Waals surface area contributed by atoms with Crippen molar-refractivity contribution in [2.45, 2.75) is 64.1 Å². The van der Waals surface area contributed by atoms with Crippen LogP contribution in [0.2, 0.25) is 0 Å². The number of hydrogen-bond donors (Lipinski definition) is 0. The molecular formula is C19H25F2NO4. The molecule has 0 spiro atoms. The van der Waals surface area contributed by atoms with E-state index in [4.69, 9.17) is 4.74 Å². The second-order valence-electron chi connectivity index (χ2n) is 7.42. The normalized spacial score (nSPS) is 20.2. The van der Waals surface area contributed by atoms with Crippen molar-refractivity contribution in [2.24, 2.45) is 0 Å². The standard InChI is InChI=1S/C19H25F2NO4/c1-19(2,3)26-18(24)22-13(7-10-17(23)25-4)6-9-16(22)12-5-8-14(20)15(21)11-12/h5,8,11,13,16H,6-7,9-10H2,1-4H3. The Morgan fingerprint density at radius 2 is 1.88 bits per heavy atom. The van der Waals surface area contributed by atoms with Crippen LogP contribution in [-0.2, 0) is 14.3 Å². The third-order valence-corrected chi connectivity index (χ3v) is 4.34. The summed E-state index contributed by atoms with van der Waals surface area (Å²) < 4.78 is 37.1. The highest BCUT2D eigenvalue weighted by molar-refractivity contribution is 5.71. The fraction of sp³-hybridized carbons (Fsp3) is 0.579. The van der Waals surface area contributed by atoms with E-state index in [9.17, 15) is 18.4 Å². The Balaban J connectivity index is 2.26. The van der Waals surface area contributed by atoms with Gasteiger partial charge in [-0.2, -0.15) is 0 Å². The molecule has 1 saturated heterocycles. The van der Waals surface area contributed by atoms with Crippen molar-refractivity contribution in [3.63, 3.8) is 0 Å². The summed E-state index contributed by atoms with van der Waals surface area (Å²) >= 11 is 0. The average Bonchev–Trinajstić information content (AvgIpc) is 2.97. The highest BCUT2D eigenvalue weighted by atomic mass is 19.2. The number of amides is 1. The maximum absolute atomic E-state index is 13.7. The molecule has 0 aliphatic carbocycles. The van der Waals surface area contributed by atoms with Gasteiger partial charge in [0.25, 0.3) is 0 Å². The number of nitrogens with zero attached hydrogens (tertiary/aromatic N) is 1. The first kappa shape index (κ1) is 20.1. The van der Waals surface area contributed by atoms with E-state index in [0.29, 0.717) is 24.8 Å². The maximum Gasteiger partial charge on any atom is 0.411 e. The molecule has 0 radical (unpaired) electrons. The predicted octanol–water partition coefficient (Wildman–Crippen LogP) is 4.36. The zero-order valence-corrected chi connectivity index (χ0v) is 15.6. The predicted molar refractivity (Wildman–Crippen MR) is 91.4 cm³/mol. The van der Waals surface area contributed by atoms with Crippen LogP contribution in [0.3, 0.4) is 0 Å². The number of benzene rings is 1. The van der Waals surface area contributed by atoms with Crippen LogP contribution in [0, 0.1) is 11.6 Å². The molecule has 0 aromatic heterocycles. The zero-order valence-electron chi connectivity index (χ0n) is 15.6. The van der Waals surface area contributed by atoms with Crippen LogP contribution in [0.5, 0.6) is 0 Å². The summed E-state index contributed by atoms with van der Waals surface area (Å²) in [4.78, 5) is 25.7. The van der Waals surface area contributed by atoms with Crippen LogP contribution in [0.25, 0.3) is 0 Å². The molecule has 2 unspecified atom stereocenters. The largest absolute Gasteiger partial charge is 0.469 e. The SMILES string of the molecule is COC(=O)CCC1CCC(c2ccc(F)c(F)c2)N1C(=O)OC(C)(C)C. The summed E-state index contributed by atoms with van der Waals surface area (Å²) in [5.41, 5.74) is -0.180. The Hall–Kier alpha value is -2.18. The van der Waals surface area contributed by atoms with Crippen LogP contribution in [0.4, 0.5) is 13.6 Å². The minimum Gasteiger partial charge on any atom is -0.469 e. The molecule has 1 aromatic rings. The molecule has 144 valence electrons. The monoisotopic (exact) mass is 369 g/mol. The van der Waals surface area contributed by atoms with Gasteiger partial charge >= 0.3 is 12.1 Å². The van der Waals surface area contributed by atoms with Crippen molar-refractivity contribution in [3.8, 4) is 0 Å². The lowest BCUT2D eigenvalue weighted by Crippen LogP contribution is -2.41. The van der Waals surface area contributed by atoms with Crippen molar-refractivity contribution >= 4 is 12.1 Å². The molecule has 1 aliphatic rings. The summed E-state index contributed by atoms with van der Waals surface area (Å²) in [6.45, 7) is 5.28. The van der Waals surface area contributed by atoms with E-state index in [0.717, 1.165) is 12.1 Å². The first-order valence-electron chi connectivity index (χ1n) is 8.65. The molecule has 0 N–H and O–H groups in total. The van der Waals surface area contributed by atoms with E-state index < -0.39 is 29.4 Å². The van der Waals surface area contributed by atoms with E-state index in [1.165, 1.54) is 13.2 Å². The van der Waals surface area contributed by atoms with Crippen LogP contribution < -0.4 is 0 Å². The van der Waals surface area contributed by atoms with Crippen LogP contribution in [0.15, 0.2) is 18.2 Å². The lowest BCUT2D eigenvalue weighted by atomic mass is 10.0. The molecular weight excluding hydrogens is 344 g/mol. The van der Waals surface area contributed by atoms with Gasteiger partial charge in [0.15, 0.2) is 11.6 Å². The number of likely N-dealkylation sites (tertiary alicyclic amines) is 1. The van der Waals surface area contributed by atoms with Crippen molar-refractivity contribution in [2.75, 3.05) is 7.11 Å². The second-order valence-corrected chi connectivity index (χ2v) is 7.42. The first-order chi connectivity index (χ1) is 12.1.